The number of aromatic nitrogens is 2. The second kappa shape index (κ2) is 10.6. The van der Waals surface area contributed by atoms with Crippen molar-refractivity contribution >= 4 is 16.5 Å². The Bertz CT molecular complexity index is 2430. The van der Waals surface area contributed by atoms with Crippen molar-refractivity contribution in [1.82, 2.24) is 0 Å². The first-order valence-corrected chi connectivity index (χ1v) is 18.4. The van der Waals surface area contributed by atoms with Gasteiger partial charge < -0.3 is 0 Å². The highest BCUT2D eigenvalue weighted by atomic mass is 15.0. The molecule has 1 unspecified atom stereocenters. The molecule has 6 aromatic rings. The van der Waals surface area contributed by atoms with Crippen LogP contribution in [0.15, 0.2) is 116 Å². The third-order valence-corrected chi connectivity index (χ3v) is 11.9. The van der Waals surface area contributed by atoms with Gasteiger partial charge >= 0.3 is 0 Å². The zero-order valence-corrected chi connectivity index (χ0v) is 30.9. The summed E-state index contributed by atoms with van der Waals surface area (Å²) in [7, 11) is 0. The lowest BCUT2D eigenvalue weighted by Gasteiger charge is -2.27. The summed E-state index contributed by atoms with van der Waals surface area (Å²) in [5.74, 6) is 0.226. The lowest BCUT2D eigenvalue weighted by Crippen LogP contribution is -2.43. The molecule has 0 spiro atoms. The predicted octanol–water partition coefficient (Wildman–Crippen LogP) is 10.8. The van der Waals surface area contributed by atoms with Crippen molar-refractivity contribution in [2.45, 2.75) is 90.5 Å². The number of hydrogen-bond donors (Lipinski definition) is 0. The van der Waals surface area contributed by atoms with E-state index in [9.17, 15) is 0 Å². The van der Waals surface area contributed by atoms with Crippen LogP contribution in [0.2, 0.25) is 0 Å². The van der Waals surface area contributed by atoms with Crippen LogP contribution in [0, 0.1) is 0 Å². The Morgan fingerprint density at radius 3 is 2.22 bits per heavy atom. The van der Waals surface area contributed by atoms with E-state index in [4.69, 9.17) is 0 Å². The van der Waals surface area contributed by atoms with Gasteiger partial charge in [0, 0.05) is 29.2 Å². The molecule has 0 saturated heterocycles. The highest BCUT2D eigenvalue weighted by Crippen LogP contribution is 2.54. The van der Waals surface area contributed by atoms with Crippen LogP contribution in [0.25, 0.3) is 50.1 Å². The van der Waals surface area contributed by atoms with Gasteiger partial charge in [-0.05, 0) is 97.0 Å². The Morgan fingerprint density at radius 1 is 0.680 bits per heavy atom. The Kier molecular flexibility index (Phi) is 6.61. The molecule has 50 heavy (non-hydrogen) atoms. The van der Waals surface area contributed by atoms with E-state index in [1.807, 2.05) is 0 Å². The monoisotopic (exact) mass is 652 g/mol. The standard InChI is InChI=1S/C48H48N2/c1-46(2,3)33-17-20-36-31(23-33)24-35(50-29-34(47(4,5)6)18-21-44(36)50)25-32-28-49-22-12-11-15-43(49)41-27-42-40(26-39(32)41)38-19-16-30-13-9-10-14-37(30)45(38)48(42,7)8/h9-23,25-27,29,32H,24,28H2,1-8H3/q+2/b35-25+. The Hall–Kier alpha value is -4.82. The quantitative estimate of drug-likeness (QED) is 0.156. The topological polar surface area (TPSA) is 7.76 Å². The van der Waals surface area contributed by atoms with E-state index in [1.54, 1.807) is 0 Å². The second-order valence-electron chi connectivity index (χ2n) is 17.5. The van der Waals surface area contributed by atoms with Crippen molar-refractivity contribution in [3.63, 3.8) is 0 Å². The fourth-order valence-electron chi connectivity index (χ4n) is 9.03. The molecular formula is C48H48N2+2. The van der Waals surface area contributed by atoms with E-state index >= 15 is 0 Å². The fraction of sp³-hybridized carbons (Fsp3) is 0.292. The summed E-state index contributed by atoms with van der Waals surface area (Å²) in [6.07, 6.45) is 8.21. The van der Waals surface area contributed by atoms with Crippen LogP contribution in [0.1, 0.15) is 94.7 Å². The molecule has 1 atom stereocenters. The van der Waals surface area contributed by atoms with Gasteiger partial charge in [-0.15, -0.1) is 0 Å². The van der Waals surface area contributed by atoms with E-state index < -0.39 is 0 Å². The fourth-order valence-corrected chi connectivity index (χ4v) is 9.03. The maximum atomic E-state index is 2.61. The van der Waals surface area contributed by atoms with Gasteiger partial charge in [-0.25, -0.2) is 0 Å². The van der Waals surface area contributed by atoms with Crippen molar-refractivity contribution in [3.8, 4) is 33.6 Å². The first kappa shape index (κ1) is 31.2. The molecule has 248 valence electrons. The van der Waals surface area contributed by atoms with Gasteiger partial charge in [0.2, 0.25) is 11.4 Å². The molecule has 2 nitrogen and oxygen atoms in total. The van der Waals surface area contributed by atoms with E-state index in [1.165, 1.54) is 83.5 Å². The van der Waals surface area contributed by atoms with Gasteiger partial charge in [0.25, 0.3) is 0 Å². The number of pyridine rings is 2. The summed E-state index contributed by atoms with van der Waals surface area (Å²) >= 11 is 0. The Labute approximate surface area is 297 Å². The molecule has 2 aliphatic heterocycles. The average molecular weight is 653 g/mol. The lowest BCUT2D eigenvalue weighted by molar-refractivity contribution is -0.689. The largest absolute Gasteiger partial charge is 0.218 e. The lowest BCUT2D eigenvalue weighted by atomic mass is 9.78. The molecule has 2 heteroatoms. The van der Waals surface area contributed by atoms with Crippen molar-refractivity contribution in [1.29, 1.82) is 0 Å². The molecule has 0 fully saturated rings. The SMILES string of the molecule is CC(C)(C)c1ccc2c(c1)C/C(=C\C1C[n+]3ccccc3-c3cc4c(cc31)-c1ccc3ccccc3c1C4(C)C)[n+]1cc(C(C)(C)C)ccc1-2. The zero-order chi connectivity index (χ0) is 34.7. The number of nitrogens with zero attached hydrogens (tertiary/aromatic N) is 2. The highest BCUT2D eigenvalue weighted by molar-refractivity contribution is 5.98. The first-order chi connectivity index (χ1) is 23.8. The van der Waals surface area contributed by atoms with Gasteiger partial charge in [-0.1, -0.05) is 104 Å². The van der Waals surface area contributed by atoms with Gasteiger partial charge in [0.15, 0.2) is 24.6 Å². The van der Waals surface area contributed by atoms with Gasteiger partial charge in [-0.2, -0.15) is 9.13 Å². The summed E-state index contributed by atoms with van der Waals surface area (Å²) in [5.41, 5.74) is 18.0. The predicted molar refractivity (Wildman–Crippen MR) is 207 cm³/mol. The Morgan fingerprint density at radius 2 is 1.42 bits per heavy atom. The van der Waals surface area contributed by atoms with Gasteiger partial charge in [-0.3, -0.25) is 0 Å². The van der Waals surface area contributed by atoms with E-state index in [0.717, 1.165) is 13.0 Å². The van der Waals surface area contributed by atoms with Gasteiger partial charge in [0.1, 0.15) is 0 Å². The van der Waals surface area contributed by atoms with E-state index in [2.05, 4.69) is 180 Å². The van der Waals surface area contributed by atoms with Crippen LogP contribution in [0.3, 0.4) is 0 Å². The molecule has 1 aliphatic carbocycles. The number of rotatable bonds is 1. The number of allylic oxidation sites excluding steroid dienone is 2. The zero-order valence-electron chi connectivity index (χ0n) is 30.9. The van der Waals surface area contributed by atoms with E-state index in [-0.39, 0.29) is 22.2 Å². The molecule has 0 radical (unpaired) electrons. The molecule has 0 bridgehead atoms. The van der Waals surface area contributed by atoms with Crippen LogP contribution in [-0.4, -0.2) is 0 Å². The minimum atomic E-state index is -0.0957. The molecule has 2 aromatic heterocycles. The smallest absolute Gasteiger partial charge is 0.197 e. The minimum absolute atomic E-state index is 0.0562. The highest BCUT2D eigenvalue weighted by Gasteiger charge is 2.41. The van der Waals surface area contributed by atoms with Crippen LogP contribution in [-0.2, 0) is 29.2 Å². The van der Waals surface area contributed by atoms with Gasteiger partial charge in [0.05, 0.1) is 23.5 Å². The van der Waals surface area contributed by atoms with Crippen molar-refractivity contribution < 1.29 is 9.13 Å². The van der Waals surface area contributed by atoms with Crippen molar-refractivity contribution in [2.75, 3.05) is 0 Å². The molecular weight excluding hydrogens is 605 g/mol. The number of hydrogen-bond acceptors (Lipinski definition) is 0. The molecule has 0 amide bonds. The van der Waals surface area contributed by atoms with Crippen LogP contribution in [0.5, 0.6) is 0 Å². The van der Waals surface area contributed by atoms with Crippen LogP contribution >= 0.6 is 0 Å². The first-order valence-electron chi connectivity index (χ1n) is 18.4. The second-order valence-corrected chi connectivity index (χ2v) is 17.5. The number of fused-ring (bicyclic) bond motifs is 11. The minimum Gasteiger partial charge on any atom is -0.197 e. The van der Waals surface area contributed by atoms with E-state index in [0.29, 0.717) is 0 Å². The summed E-state index contributed by atoms with van der Waals surface area (Å²) in [6.45, 7) is 19.7. The molecule has 0 saturated carbocycles. The molecule has 0 N–H and O–H groups in total. The van der Waals surface area contributed by atoms with Crippen molar-refractivity contribution in [3.05, 3.63) is 149 Å². The molecule has 4 heterocycles. The molecule has 4 aromatic carbocycles. The summed E-state index contributed by atoms with van der Waals surface area (Å²) in [4.78, 5) is 0. The third-order valence-electron chi connectivity index (χ3n) is 11.9. The van der Waals surface area contributed by atoms with Crippen LogP contribution < -0.4 is 9.13 Å². The summed E-state index contributed by atoms with van der Waals surface area (Å²) < 4.78 is 5.00. The Balaban J connectivity index is 1.26. The molecule has 9 rings (SSSR count). The van der Waals surface area contributed by atoms with Crippen molar-refractivity contribution in [2.24, 2.45) is 0 Å². The van der Waals surface area contributed by atoms with Crippen LogP contribution in [0.4, 0.5) is 0 Å². The normalized spacial score (nSPS) is 17.8. The molecule has 3 aliphatic rings. The maximum Gasteiger partial charge on any atom is 0.218 e. The third kappa shape index (κ3) is 4.68. The number of benzene rings is 4. The maximum absolute atomic E-state index is 2.61. The summed E-state index contributed by atoms with van der Waals surface area (Å²) in [5, 5.41) is 2.69. The average Bonchev–Trinajstić information content (AvgIpc) is 3.32. The summed E-state index contributed by atoms with van der Waals surface area (Å²) in [6, 6.07) is 37.3.